The quantitative estimate of drug-likeness (QED) is 0.746. The predicted molar refractivity (Wildman–Crippen MR) is 84.0 cm³/mol. The van der Waals surface area contributed by atoms with Gasteiger partial charge in [-0.25, -0.2) is 0 Å². The zero-order chi connectivity index (χ0) is 14.2. The molecule has 0 radical (unpaired) electrons. The monoisotopic (exact) mass is 283 g/mol. The van der Waals surface area contributed by atoms with E-state index in [1.165, 1.54) is 11.1 Å². The molecule has 2 nitrogen and oxygen atoms in total. The minimum atomic E-state index is 0.710. The van der Waals surface area contributed by atoms with Gasteiger partial charge in [0.25, 0.3) is 0 Å². The van der Waals surface area contributed by atoms with Crippen LogP contribution in [0.25, 0.3) is 0 Å². The van der Waals surface area contributed by atoms with Crippen LogP contribution >= 0.6 is 11.8 Å². The fourth-order valence-electron chi connectivity index (χ4n) is 1.72. The molecule has 0 saturated carbocycles. The van der Waals surface area contributed by atoms with Crippen LogP contribution in [0.2, 0.25) is 0 Å². The van der Waals surface area contributed by atoms with Gasteiger partial charge in [-0.3, -0.25) is 0 Å². The molecule has 2 rings (SSSR count). The Kier molecular flexibility index (Phi) is 5.52. The van der Waals surface area contributed by atoms with E-state index in [0.717, 1.165) is 17.3 Å². The minimum Gasteiger partial charge on any atom is -0.493 e. The van der Waals surface area contributed by atoms with Gasteiger partial charge in [-0.15, -0.1) is 0 Å². The lowest BCUT2D eigenvalue weighted by Gasteiger charge is -2.06. The summed E-state index contributed by atoms with van der Waals surface area (Å²) in [5, 5.41) is 8.73. The summed E-state index contributed by atoms with van der Waals surface area (Å²) in [4.78, 5) is 0. The Morgan fingerprint density at radius 3 is 2.40 bits per heavy atom. The third kappa shape index (κ3) is 4.64. The van der Waals surface area contributed by atoms with E-state index in [1.807, 2.05) is 48.2 Å². The van der Waals surface area contributed by atoms with Gasteiger partial charge in [0.1, 0.15) is 5.75 Å². The zero-order valence-electron chi connectivity index (χ0n) is 11.5. The first-order valence-electron chi connectivity index (χ1n) is 6.54. The smallest absolute Gasteiger partial charge is 0.119 e. The van der Waals surface area contributed by atoms with Gasteiger partial charge in [-0.2, -0.15) is 17.0 Å². The van der Waals surface area contributed by atoms with Crippen LogP contribution in [0.1, 0.15) is 16.7 Å². The van der Waals surface area contributed by atoms with Crippen LogP contribution in [0.5, 0.6) is 5.75 Å². The first-order chi connectivity index (χ1) is 9.78. The van der Waals surface area contributed by atoms with E-state index >= 15 is 0 Å². The maximum absolute atomic E-state index is 8.73. The molecule has 20 heavy (non-hydrogen) atoms. The molecule has 0 atom stereocenters. The van der Waals surface area contributed by atoms with Gasteiger partial charge in [0.2, 0.25) is 0 Å². The van der Waals surface area contributed by atoms with Crippen molar-refractivity contribution < 1.29 is 4.74 Å². The molecule has 0 heterocycles. The van der Waals surface area contributed by atoms with Crippen LogP contribution in [0.3, 0.4) is 0 Å². The lowest BCUT2D eigenvalue weighted by molar-refractivity contribution is 0.344. The summed E-state index contributed by atoms with van der Waals surface area (Å²) in [6, 6.07) is 18.0. The Labute approximate surface area is 124 Å². The number of nitrogens with zero attached hydrogens (tertiary/aromatic N) is 1. The summed E-state index contributed by atoms with van der Waals surface area (Å²) in [5.41, 5.74) is 3.19. The first kappa shape index (κ1) is 14.5. The van der Waals surface area contributed by atoms with Crippen molar-refractivity contribution in [3.63, 3.8) is 0 Å². The zero-order valence-corrected chi connectivity index (χ0v) is 12.3. The highest BCUT2D eigenvalue weighted by Gasteiger charge is 1.96. The van der Waals surface area contributed by atoms with Gasteiger partial charge >= 0.3 is 0 Å². The third-order valence-electron chi connectivity index (χ3n) is 2.87. The average Bonchev–Trinajstić information content (AvgIpc) is 2.49. The van der Waals surface area contributed by atoms with Crippen LogP contribution in [0, 0.1) is 18.3 Å². The first-order valence-corrected chi connectivity index (χ1v) is 7.69. The third-order valence-corrected chi connectivity index (χ3v) is 3.86. The Balaban J connectivity index is 1.66. The van der Waals surface area contributed by atoms with Crippen LogP contribution in [0.4, 0.5) is 0 Å². The van der Waals surface area contributed by atoms with Gasteiger partial charge in [0, 0.05) is 11.5 Å². The van der Waals surface area contributed by atoms with Crippen LogP contribution in [0.15, 0.2) is 48.5 Å². The lowest BCUT2D eigenvalue weighted by atomic mass is 10.2. The highest BCUT2D eigenvalue weighted by molar-refractivity contribution is 7.98. The largest absolute Gasteiger partial charge is 0.493 e. The van der Waals surface area contributed by atoms with Gasteiger partial charge < -0.3 is 4.74 Å². The van der Waals surface area contributed by atoms with Gasteiger partial charge in [-0.1, -0.05) is 29.8 Å². The highest BCUT2D eigenvalue weighted by atomic mass is 32.2. The number of benzene rings is 2. The Morgan fingerprint density at radius 1 is 1.05 bits per heavy atom. The summed E-state index contributed by atoms with van der Waals surface area (Å²) in [6.45, 7) is 2.78. The molecule has 0 aliphatic carbocycles. The molecule has 0 aromatic heterocycles. The van der Waals surface area contributed by atoms with E-state index in [2.05, 4.69) is 25.1 Å². The molecule has 0 bridgehead atoms. The molecule has 0 unspecified atom stereocenters. The molecule has 0 saturated heterocycles. The van der Waals surface area contributed by atoms with Gasteiger partial charge in [0.15, 0.2) is 0 Å². The molecule has 3 heteroatoms. The van der Waals surface area contributed by atoms with Crippen molar-refractivity contribution in [2.45, 2.75) is 12.7 Å². The second-order valence-electron chi connectivity index (χ2n) is 4.52. The number of hydrogen-bond acceptors (Lipinski definition) is 3. The number of thioether (sulfide) groups is 1. The number of ether oxygens (including phenoxy) is 1. The van der Waals surface area contributed by atoms with E-state index in [9.17, 15) is 0 Å². The van der Waals surface area contributed by atoms with Gasteiger partial charge in [-0.05, 0) is 36.8 Å². The van der Waals surface area contributed by atoms with E-state index in [-0.39, 0.29) is 0 Å². The minimum absolute atomic E-state index is 0.710. The maximum Gasteiger partial charge on any atom is 0.119 e. The lowest BCUT2D eigenvalue weighted by Crippen LogP contribution is -2.00. The molecular weight excluding hydrogens is 266 g/mol. The number of rotatable bonds is 6. The van der Waals surface area contributed by atoms with Gasteiger partial charge in [0.05, 0.1) is 18.2 Å². The molecule has 0 fully saturated rings. The fraction of sp³-hybridized carbons (Fsp3) is 0.235. The van der Waals surface area contributed by atoms with Crippen molar-refractivity contribution in [2.24, 2.45) is 0 Å². The molecule has 0 aliphatic heterocycles. The maximum atomic E-state index is 8.73. The van der Waals surface area contributed by atoms with E-state index in [0.29, 0.717) is 12.2 Å². The Morgan fingerprint density at radius 2 is 1.75 bits per heavy atom. The molecule has 102 valence electrons. The number of nitriles is 1. The number of hydrogen-bond donors (Lipinski definition) is 0. The summed E-state index contributed by atoms with van der Waals surface area (Å²) in [5.74, 6) is 2.83. The van der Waals surface area contributed by atoms with Crippen molar-refractivity contribution in [3.05, 3.63) is 65.2 Å². The predicted octanol–water partition coefficient (Wildman–Crippen LogP) is 4.18. The topological polar surface area (TPSA) is 33.0 Å². The Hall–Kier alpha value is -1.92. The van der Waals surface area contributed by atoms with Crippen molar-refractivity contribution in [1.82, 2.24) is 0 Å². The second kappa shape index (κ2) is 7.62. The molecule has 0 N–H and O–H groups in total. The fourth-order valence-corrected chi connectivity index (χ4v) is 2.49. The molecule has 2 aromatic carbocycles. The molecule has 0 amide bonds. The van der Waals surface area contributed by atoms with Crippen molar-refractivity contribution in [3.8, 4) is 11.8 Å². The van der Waals surface area contributed by atoms with E-state index in [4.69, 9.17) is 10.00 Å². The summed E-state index contributed by atoms with van der Waals surface area (Å²) in [6.07, 6.45) is 0. The van der Waals surface area contributed by atoms with E-state index < -0.39 is 0 Å². The number of aryl methyl sites for hydroxylation is 1. The van der Waals surface area contributed by atoms with E-state index in [1.54, 1.807) is 0 Å². The summed E-state index contributed by atoms with van der Waals surface area (Å²) in [7, 11) is 0. The molecule has 2 aromatic rings. The van der Waals surface area contributed by atoms with Crippen molar-refractivity contribution in [2.75, 3.05) is 12.4 Å². The average molecular weight is 283 g/mol. The van der Waals surface area contributed by atoms with Crippen molar-refractivity contribution in [1.29, 1.82) is 5.26 Å². The van der Waals surface area contributed by atoms with Crippen LogP contribution in [-0.2, 0) is 5.75 Å². The summed E-state index contributed by atoms with van der Waals surface area (Å²) < 4.78 is 5.67. The van der Waals surface area contributed by atoms with Crippen LogP contribution in [-0.4, -0.2) is 12.4 Å². The Bertz CT molecular complexity index is 569. The van der Waals surface area contributed by atoms with Crippen molar-refractivity contribution >= 4 is 11.8 Å². The normalized spacial score (nSPS) is 10.0. The van der Waals surface area contributed by atoms with Crippen LogP contribution < -0.4 is 4.74 Å². The SMILES string of the molecule is Cc1ccc(OCCSCc2ccc(C#N)cc2)cc1. The highest BCUT2D eigenvalue weighted by Crippen LogP contribution is 2.15. The molecular formula is C17H17NOS. The molecule has 0 aliphatic rings. The summed E-state index contributed by atoms with van der Waals surface area (Å²) >= 11 is 1.83. The molecule has 0 spiro atoms. The standard InChI is InChI=1S/C17H17NOS/c1-14-2-8-17(9-3-14)19-10-11-20-13-16-6-4-15(12-18)5-7-16/h2-9H,10-11,13H2,1H3. The second-order valence-corrected chi connectivity index (χ2v) is 5.63.